The van der Waals surface area contributed by atoms with Crippen LogP contribution in [0.3, 0.4) is 0 Å². The van der Waals surface area contributed by atoms with E-state index in [1.807, 2.05) is 44.1 Å². The Bertz CT molecular complexity index is 1270. The van der Waals surface area contributed by atoms with E-state index < -0.39 is 11.7 Å². The van der Waals surface area contributed by atoms with Gasteiger partial charge in [0.2, 0.25) is 11.6 Å². The molecular weight excluding hydrogens is 576 g/mol. The van der Waals surface area contributed by atoms with Crippen LogP contribution in [0.4, 0.5) is 15.4 Å². The number of ether oxygens (including phenoxy) is 2. The van der Waals surface area contributed by atoms with Gasteiger partial charge in [0.1, 0.15) is 29.8 Å². The fraction of sp³-hybridized carbons (Fsp3) is 0.719. The molecule has 4 amide bonds. The molecule has 4 heterocycles. The Labute approximate surface area is 266 Å². The lowest BCUT2D eigenvalue weighted by Crippen LogP contribution is -2.47. The maximum absolute atomic E-state index is 12.7. The zero-order chi connectivity index (χ0) is 32.7. The molecule has 1 aromatic heterocycles. The summed E-state index contributed by atoms with van der Waals surface area (Å²) in [6.07, 6.45) is 7.83. The minimum Gasteiger partial charge on any atom is -0.477 e. The van der Waals surface area contributed by atoms with Crippen LogP contribution in [0.25, 0.3) is 0 Å². The topological polar surface area (TPSA) is 155 Å². The molecule has 13 nitrogen and oxygen atoms in total. The monoisotopic (exact) mass is 627 g/mol. The number of amidine groups is 1. The van der Waals surface area contributed by atoms with Gasteiger partial charge in [-0.25, -0.2) is 24.4 Å². The van der Waals surface area contributed by atoms with E-state index in [0.29, 0.717) is 75.1 Å². The van der Waals surface area contributed by atoms with Crippen LogP contribution in [0.1, 0.15) is 80.1 Å². The summed E-state index contributed by atoms with van der Waals surface area (Å²) in [6.45, 7) is 15.0. The first-order valence-corrected chi connectivity index (χ1v) is 16.3. The molecule has 2 atom stereocenters. The number of aliphatic imine (C=N–C) groups is 1. The molecule has 2 unspecified atom stereocenters. The highest BCUT2D eigenvalue weighted by molar-refractivity contribution is 5.98. The molecule has 3 saturated heterocycles. The molecule has 0 aliphatic carbocycles. The van der Waals surface area contributed by atoms with Gasteiger partial charge < -0.3 is 30.3 Å². The van der Waals surface area contributed by atoms with E-state index in [0.717, 1.165) is 37.8 Å². The van der Waals surface area contributed by atoms with E-state index in [-0.39, 0.29) is 23.9 Å². The fourth-order valence-electron chi connectivity index (χ4n) is 5.93. The van der Waals surface area contributed by atoms with Crippen molar-refractivity contribution in [3.8, 4) is 5.88 Å². The van der Waals surface area contributed by atoms with Crippen molar-refractivity contribution in [3.63, 3.8) is 0 Å². The third-order valence-corrected chi connectivity index (χ3v) is 8.71. The predicted octanol–water partition coefficient (Wildman–Crippen LogP) is 3.60. The molecule has 45 heavy (non-hydrogen) atoms. The van der Waals surface area contributed by atoms with Gasteiger partial charge in [-0.2, -0.15) is 9.57 Å². The Kier molecular flexibility index (Phi) is 11.4. The molecular formula is C32H51N8O5+. The van der Waals surface area contributed by atoms with Crippen molar-refractivity contribution < 1.29 is 28.4 Å². The third kappa shape index (κ3) is 9.61. The van der Waals surface area contributed by atoms with Gasteiger partial charge in [0.25, 0.3) is 0 Å². The van der Waals surface area contributed by atoms with Crippen LogP contribution in [0.15, 0.2) is 17.4 Å². The van der Waals surface area contributed by atoms with E-state index in [2.05, 4.69) is 27.2 Å². The minimum atomic E-state index is -0.626. The predicted molar refractivity (Wildman–Crippen MR) is 172 cm³/mol. The van der Waals surface area contributed by atoms with Gasteiger partial charge in [-0.1, -0.05) is 20.8 Å². The average Bonchev–Trinajstić information content (AvgIpc) is 3.39. The first-order valence-electron chi connectivity index (χ1n) is 16.3. The molecule has 0 saturated carbocycles. The lowest BCUT2D eigenvalue weighted by atomic mass is 9.84. The molecule has 4 rings (SSSR count). The number of carbonyl (C=O) groups excluding carboxylic acids is 3. The second-order valence-corrected chi connectivity index (χ2v) is 13.7. The molecule has 0 bridgehead atoms. The lowest BCUT2D eigenvalue weighted by molar-refractivity contribution is -0.458. The summed E-state index contributed by atoms with van der Waals surface area (Å²) in [6, 6.07) is -0.618. The van der Waals surface area contributed by atoms with Gasteiger partial charge in [0, 0.05) is 25.4 Å². The summed E-state index contributed by atoms with van der Waals surface area (Å²) in [5.41, 5.74) is 6.09. The average molecular weight is 628 g/mol. The highest BCUT2D eigenvalue weighted by atomic mass is 16.6. The van der Waals surface area contributed by atoms with Gasteiger partial charge in [-0.05, 0) is 58.3 Å². The molecule has 3 N–H and O–H groups in total. The number of likely N-dealkylation sites (tertiary alicyclic amines) is 1. The van der Waals surface area contributed by atoms with Crippen molar-refractivity contribution >= 4 is 35.4 Å². The Morgan fingerprint density at radius 3 is 2.51 bits per heavy atom. The quantitative estimate of drug-likeness (QED) is 0.250. The van der Waals surface area contributed by atoms with Crippen LogP contribution in [0.2, 0.25) is 0 Å². The van der Waals surface area contributed by atoms with Gasteiger partial charge in [-0.15, -0.1) is 0 Å². The zero-order valence-electron chi connectivity index (χ0n) is 27.8. The van der Waals surface area contributed by atoms with Crippen LogP contribution in [-0.2, 0) is 9.53 Å². The van der Waals surface area contributed by atoms with Gasteiger partial charge >= 0.3 is 18.0 Å². The third-order valence-electron chi connectivity index (χ3n) is 8.71. The Balaban J connectivity index is 1.28. The first-order chi connectivity index (χ1) is 21.3. The standard InChI is InChI=1S/C32H50N8O5/c1-21(2)29(33)37-30(42)38-14-10-23(11-15-38)22(3)12-16-44-27-18-34-26(17-35-27)39-19-24(36-31(43)45-32(4,5)6)25(20-39)40-13-8-7-9-28(40)41/h17-18,21-24H,7-16,19-20H2,1-6H3,(H2-,33,36,37,42,43)/p+1. The zero-order valence-corrected chi connectivity index (χ0v) is 27.8. The van der Waals surface area contributed by atoms with E-state index in [4.69, 9.17) is 15.2 Å². The highest BCUT2D eigenvalue weighted by Crippen LogP contribution is 2.28. The largest absolute Gasteiger partial charge is 0.477 e. The van der Waals surface area contributed by atoms with Crippen molar-refractivity contribution in [2.24, 2.45) is 28.5 Å². The second kappa shape index (κ2) is 15.0. The number of hydrogen-bond acceptors (Lipinski definition) is 8. The number of carbonyl (C=O) groups is 3. The smallest absolute Gasteiger partial charge is 0.408 e. The molecule has 3 aliphatic heterocycles. The number of anilines is 1. The van der Waals surface area contributed by atoms with Crippen molar-refractivity contribution in [2.45, 2.75) is 91.7 Å². The first kappa shape index (κ1) is 34.1. The normalized spacial score (nSPS) is 22.5. The molecule has 248 valence electrons. The van der Waals surface area contributed by atoms with Crippen molar-refractivity contribution in [3.05, 3.63) is 12.4 Å². The number of nitrogens with two attached hydrogens (primary N) is 1. The summed E-state index contributed by atoms with van der Waals surface area (Å²) in [7, 11) is 0. The molecule has 0 spiro atoms. The molecule has 13 heteroatoms. The van der Waals surface area contributed by atoms with Crippen molar-refractivity contribution in [1.29, 1.82) is 0 Å². The number of alkyl carbamates (subject to hydrolysis) is 1. The second-order valence-electron chi connectivity index (χ2n) is 13.7. The summed E-state index contributed by atoms with van der Waals surface area (Å²) >= 11 is 0. The van der Waals surface area contributed by atoms with Gasteiger partial charge in [0.15, 0.2) is 6.54 Å². The molecule has 0 radical (unpaired) electrons. The van der Waals surface area contributed by atoms with E-state index in [9.17, 15) is 14.4 Å². The number of piperidine rings is 2. The van der Waals surface area contributed by atoms with Gasteiger partial charge in [0.05, 0.1) is 32.0 Å². The van der Waals surface area contributed by atoms with E-state index >= 15 is 0 Å². The summed E-state index contributed by atoms with van der Waals surface area (Å²) < 4.78 is 13.2. The van der Waals surface area contributed by atoms with Crippen LogP contribution in [0, 0.1) is 17.8 Å². The number of rotatable bonds is 8. The SMILES string of the molecule is CC(C)C(N)=NC(=O)N1CCC(C(C)CCOc2cnc(N3CC(=[N+]4CCCCC4=O)C(NC(=O)OC(C)(C)C)C3)cn2)CC1. The van der Waals surface area contributed by atoms with Gasteiger partial charge in [-0.3, -0.25) is 0 Å². The number of amides is 4. The summed E-state index contributed by atoms with van der Waals surface area (Å²) in [5, 5.41) is 2.96. The van der Waals surface area contributed by atoms with Crippen LogP contribution < -0.4 is 20.7 Å². The Morgan fingerprint density at radius 1 is 1.16 bits per heavy atom. The highest BCUT2D eigenvalue weighted by Gasteiger charge is 2.41. The van der Waals surface area contributed by atoms with E-state index in [1.165, 1.54) is 0 Å². The maximum atomic E-state index is 12.7. The number of hydrogen-bond donors (Lipinski definition) is 2. The maximum Gasteiger partial charge on any atom is 0.408 e. The van der Waals surface area contributed by atoms with Crippen LogP contribution in [-0.4, -0.2) is 100.0 Å². The minimum absolute atomic E-state index is 0.0517. The summed E-state index contributed by atoms with van der Waals surface area (Å²) in [5.74, 6) is 2.54. The molecule has 1 aromatic rings. The number of nitrogens with one attached hydrogen (secondary N) is 1. The number of aromatic nitrogens is 2. The number of nitrogens with zero attached hydrogens (tertiary/aromatic N) is 6. The van der Waals surface area contributed by atoms with Crippen molar-refractivity contribution in [1.82, 2.24) is 20.2 Å². The molecule has 3 aliphatic rings. The Morgan fingerprint density at radius 2 is 1.89 bits per heavy atom. The molecule has 0 aromatic carbocycles. The summed E-state index contributed by atoms with van der Waals surface area (Å²) in [4.78, 5) is 54.7. The molecule has 3 fully saturated rings. The van der Waals surface area contributed by atoms with E-state index in [1.54, 1.807) is 17.3 Å². The van der Waals surface area contributed by atoms with Crippen LogP contribution in [0.5, 0.6) is 5.88 Å². The van der Waals surface area contributed by atoms with Crippen molar-refractivity contribution in [2.75, 3.05) is 44.2 Å². The Hall–Kier alpha value is -3.77. The number of urea groups is 1. The fourth-order valence-corrected chi connectivity index (χ4v) is 5.93. The van der Waals surface area contributed by atoms with Crippen LogP contribution >= 0.6 is 0 Å². The lowest BCUT2D eigenvalue weighted by Gasteiger charge is -2.34.